The molecule has 40 heavy (non-hydrogen) atoms. The Kier molecular flexibility index (Phi) is 7.96. The molecule has 0 radical (unpaired) electrons. The monoisotopic (exact) mass is 520 g/mol. The normalized spacial score (nSPS) is 11.6. The molecule has 0 fully saturated rings. The van der Waals surface area contributed by atoms with E-state index in [2.05, 4.69) is 123 Å². The summed E-state index contributed by atoms with van der Waals surface area (Å²) < 4.78 is 0. The van der Waals surface area contributed by atoms with Crippen LogP contribution in [0.25, 0.3) is 54.6 Å². The SMILES string of the molecule is CCCCCc1cccc(-c2ccc3c(ccc4c5ccc(-c6cccc(CCCCC)c6)cc5ccc34)c2)c1. The molecule has 0 bridgehead atoms. The molecule has 0 saturated carbocycles. The Morgan fingerprint density at radius 2 is 0.800 bits per heavy atom. The first-order valence-corrected chi connectivity index (χ1v) is 15.3. The molecule has 6 aromatic rings. The zero-order valence-corrected chi connectivity index (χ0v) is 24.0. The van der Waals surface area contributed by atoms with E-state index in [-0.39, 0.29) is 0 Å². The summed E-state index contributed by atoms with van der Waals surface area (Å²) in [6.07, 6.45) is 10.0. The summed E-state index contributed by atoms with van der Waals surface area (Å²) in [7, 11) is 0. The second-order valence-electron chi connectivity index (χ2n) is 11.4. The number of hydrogen-bond acceptors (Lipinski definition) is 0. The van der Waals surface area contributed by atoms with E-state index in [1.165, 1.54) is 117 Å². The van der Waals surface area contributed by atoms with Gasteiger partial charge < -0.3 is 0 Å². The van der Waals surface area contributed by atoms with Gasteiger partial charge in [-0.15, -0.1) is 0 Å². The van der Waals surface area contributed by atoms with Gasteiger partial charge in [0.2, 0.25) is 0 Å². The Bertz CT molecular complexity index is 1640. The van der Waals surface area contributed by atoms with Crippen molar-refractivity contribution in [3.05, 3.63) is 120 Å². The summed E-state index contributed by atoms with van der Waals surface area (Å²) in [5, 5.41) is 7.91. The lowest BCUT2D eigenvalue weighted by atomic mass is 9.92. The van der Waals surface area contributed by atoms with Gasteiger partial charge in [0.05, 0.1) is 0 Å². The molecular formula is C40H40. The zero-order chi connectivity index (χ0) is 27.3. The number of benzene rings is 6. The lowest BCUT2D eigenvalue weighted by Gasteiger charge is -2.12. The van der Waals surface area contributed by atoms with Gasteiger partial charge >= 0.3 is 0 Å². The van der Waals surface area contributed by atoms with E-state index in [9.17, 15) is 0 Å². The Hall–Kier alpha value is -3.90. The highest BCUT2D eigenvalue weighted by Gasteiger charge is 2.09. The van der Waals surface area contributed by atoms with Crippen molar-refractivity contribution in [3.8, 4) is 22.3 Å². The third-order valence-electron chi connectivity index (χ3n) is 8.49. The Balaban J connectivity index is 1.32. The standard InChI is InChI=1S/C40H40/c1-3-5-7-11-29-13-9-15-31(25-29)33-17-21-37-35(27-33)19-23-40-38-22-18-34(28-36(38)20-24-39(37)40)32-16-10-14-30(26-32)12-8-6-4-2/h9-10,13-28H,3-8,11-12H2,1-2H3. The quantitative estimate of drug-likeness (QED) is 0.124. The summed E-state index contributed by atoms with van der Waals surface area (Å²) in [5.74, 6) is 0. The maximum Gasteiger partial charge on any atom is -0.00990 e. The lowest BCUT2D eigenvalue weighted by molar-refractivity contribution is 0.717. The van der Waals surface area contributed by atoms with Crippen molar-refractivity contribution in [2.24, 2.45) is 0 Å². The summed E-state index contributed by atoms with van der Waals surface area (Å²) >= 11 is 0. The molecule has 0 heteroatoms. The molecule has 0 atom stereocenters. The van der Waals surface area contributed by atoms with Crippen molar-refractivity contribution >= 4 is 32.3 Å². The highest BCUT2D eigenvalue weighted by molar-refractivity contribution is 6.18. The summed E-state index contributed by atoms with van der Waals surface area (Å²) in [5.41, 5.74) is 8.11. The first-order valence-electron chi connectivity index (χ1n) is 15.3. The van der Waals surface area contributed by atoms with Crippen molar-refractivity contribution in [1.82, 2.24) is 0 Å². The second-order valence-corrected chi connectivity index (χ2v) is 11.4. The predicted molar refractivity (Wildman–Crippen MR) is 176 cm³/mol. The van der Waals surface area contributed by atoms with Crippen LogP contribution in [-0.4, -0.2) is 0 Å². The van der Waals surface area contributed by atoms with Crippen LogP contribution in [0, 0.1) is 0 Å². The van der Waals surface area contributed by atoms with Crippen LogP contribution in [0.5, 0.6) is 0 Å². The minimum absolute atomic E-state index is 1.17. The van der Waals surface area contributed by atoms with Gasteiger partial charge in [0.25, 0.3) is 0 Å². The number of unbranched alkanes of at least 4 members (excludes halogenated alkanes) is 4. The average Bonchev–Trinajstić information content (AvgIpc) is 3.01. The van der Waals surface area contributed by atoms with E-state index in [0.29, 0.717) is 0 Å². The number of hydrogen-bond donors (Lipinski definition) is 0. The smallest absolute Gasteiger partial charge is 0.00990 e. The number of rotatable bonds is 10. The molecule has 0 aromatic heterocycles. The third kappa shape index (κ3) is 5.54. The highest BCUT2D eigenvalue weighted by Crippen LogP contribution is 2.35. The fraction of sp³-hybridized carbons (Fsp3) is 0.250. The number of aryl methyl sites for hydroxylation is 2. The van der Waals surface area contributed by atoms with Crippen LogP contribution in [-0.2, 0) is 12.8 Å². The predicted octanol–water partition coefficient (Wildman–Crippen LogP) is 11.9. The average molecular weight is 521 g/mol. The molecule has 0 heterocycles. The van der Waals surface area contributed by atoms with Crippen molar-refractivity contribution in [1.29, 1.82) is 0 Å². The van der Waals surface area contributed by atoms with E-state index in [4.69, 9.17) is 0 Å². The summed E-state index contributed by atoms with van der Waals surface area (Å²) in [6.45, 7) is 4.54. The molecule has 0 aliphatic rings. The molecule has 200 valence electrons. The van der Waals surface area contributed by atoms with Crippen LogP contribution in [0.4, 0.5) is 0 Å². The van der Waals surface area contributed by atoms with Crippen molar-refractivity contribution in [2.45, 2.75) is 65.2 Å². The largest absolute Gasteiger partial charge is 0.0654 e. The van der Waals surface area contributed by atoms with Gasteiger partial charge in [0.15, 0.2) is 0 Å². The van der Waals surface area contributed by atoms with Gasteiger partial charge in [-0.2, -0.15) is 0 Å². The molecule has 0 amide bonds. The third-order valence-corrected chi connectivity index (χ3v) is 8.49. The maximum absolute atomic E-state index is 2.38. The van der Waals surface area contributed by atoms with Crippen LogP contribution in [0.3, 0.4) is 0 Å². The van der Waals surface area contributed by atoms with E-state index in [1.807, 2.05) is 0 Å². The molecule has 6 rings (SSSR count). The Morgan fingerprint density at radius 3 is 1.25 bits per heavy atom. The lowest BCUT2D eigenvalue weighted by Crippen LogP contribution is -1.88. The van der Waals surface area contributed by atoms with Crippen LogP contribution in [0.15, 0.2) is 109 Å². The van der Waals surface area contributed by atoms with E-state index >= 15 is 0 Å². The minimum atomic E-state index is 1.17. The van der Waals surface area contributed by atoms with Gasteiger partial charge in [-0.25, -0.2) is 0 Å². The van der Waals surface area contributed by atoms with Gasteiger partial charge in [-0.3, -0.25) is 0 Å². The molecule has 0 aliphatic heterocycles. The van der Waals surface area contributed by atoms with Gasteiger partial charge in [-0.1, -0.05) is 137 Å². The molecular weight excluding hydrogens is 480 g/mol. The zero-order valence-electron chi connectivity index (χ0n) is 24.0. The van der Waals surface area contributed by atoms with Crippen molar-refractivity contribution in [2.75, 3.05) is 0 Å². The van der Waals surface area contributed by atoms with E-state index < -0.39 is 0 Å². The Labute approximate surface area is 239 Å². The topological polar surface area (TPSA) is 0 Å². The molecule has 6 aromatic carbocycles. The second kappa shape index (κ2) is 12.1. The van der Waals surface area contributed by atoms with Crippen LogP contribution < -0.4 is 0 Å². The maximum atomic E-state index is 2.38. The summed E-state index contributed by atoms with van der Waals surface area (Å²) in [6, 6.07) is 41.4. The van der Waals surface area contributed by atoms with Crippen molar-refractivity contribution < 1.29 is 0 Å². The minimum Gasteiger partial charge on any atom is -0.0654 e. The van der Waals surface area contributed by atoms with E-state index in [0.717, 1.165) is 0 Å². The van der Waals surface area contributed by atoms with Crippen LogP contribution in [0.2, 0.25) is 0 Å². The van der Waals surface area contributed by atoms with Crippen LogP contribution in [0.1, 0.15) is 63.5 Å². The van der Waals surface area contributed by atoms with Gasteiger partial charge in [0, 0.05) is 0 Å². The fourth-order valence-corrected chi connectivity index (χ4v) is 6.22. The first-order chi connectivity index (χ1) is 19.7. The Morgan fingerprint density at radius 1 is 0.375 bits per heavy atom. The molecule has 0 spiro atoms. The molecule has 0 saturated heterocycles. The summed E-state index contributed by atoms with van der Waals surface area (Å²) in [4.78, 5) is 0. The number of fused-ring (bicyclic) bond motifs is 5. The molecule has 0 aliphatic carbocycles. The molecule has 0 N–H and O–H groups in total. The van der Waals surface area contributed by atoms with Gasteiger partial charge in [0.1, 0.15) is 0 Å². The van der Waals surface area contributed by atoms with Crippen molar-refractivity contribution in [3.63, 3.8) is 0 Å². The first kappa shape index (κ1) is 26.3. The molecule has 0 unspecified atom stereocenters. The molecule has 0 nitrogen and oxygen atoms in total. The van der Waals surface area contributed by atoms with E-state index in [1.54, 1.807) is 0 Å². The van der Waals surface area contributed by atoms with Crippen LogP contribution >= 0.6 is 0 Å². The van der Waals surface area contributed by atoms with Gasteiger partial charge in [-0.05, 0) is 104 Å². The fourth-order valence-electron chi connectivity index (χ4n) is 6.22. The highest BCUT2D eigenvalue weighted by atomic mass is 14.1.